The third kappa shape index (κ3) is 5.56. The van der Waals surface area contributed by atoms with Crippen LogP contribution in [0.4, 0.5) is 9.59 Å². The van der Waals surface area contributed by atoms with E-state index in [0.29, 0.717) is 9.96 Å². The van der Waals surface area contributed by atoms with Crippen LogP contribution in [0.1, 0.15) is 12.5 Å². The standard InChI is InChI=1S/C16H18N3O5/c1-3-19(24-15(22)17-2)16(23)18(11-12-20)14(21)10-9-13-7-5-4-6-8-13/h4-10H,3,11H2,1-2H3,(H,17,22). The lowest BCUT2D eigenvalue weighted by atomic mass is 10.2. The number of hydroxylamine groups is 2. The minimum absolute atomic E-state index is 0.00269. The maximum atomic E-state index is 12.3. The second-order valence-corrected chi connectivity index (χ2v) is 4.42. The van der Waals surface area contributed by atoms with Gasteiger partial charge in [0.2, 0.25) is 6.29 Å². The molecule has 24 heavy (non-hydrogen) atoms. The van der Waals surface area contributed by atoms with E-state index in [-0.39, 0.29) is 6.54 Å². The highest BCUT2D eigenvalue weighted by Gasteiger charge is 2.27. The minimum Gasteiger partial charge on any atom is -0.323 e. The van der Waals surface area contributed by atoms with Crippen molar-refractivity contribution in [3.05, 3.63) is 42.0 Å². The van der Waals surface area contributed by atoms with Crippen molar-refractivity contribution in [3.8, 4) is 0 Å². The molecule has 8 nitrogen and oxygen atoms in total. The number of amides is 4. The second kappa shape index (κ2) is 9.78. The molecule has 0 atom stereocenters. The largest absolute Gasteiger partial charge is 0.431 e. The predicted octanol–water partition coefficient (Wildman–Crippen LogP) is 1.35. The normalized spacial score (nSPS) is 10.1. The van der Waals surface area contributed by atoms with Crippen molar-refractivity contribution in [2.24, 2.45) is 0 Å². The van der Waals surface area contributed by atoms with Crippen LogP contribution in [0.2, 0.25) is 0 Å². The van der Waals surface area contributed by atoms with Gasteiger partial charge in [-0.05, 0) is 18.6 Å². The van der Waals surface area contributed by atoms with Gasteiger partial charge in [-0.25, -0.2) is 9.59 Å². The van der Waals surface area contributed by atoms with Crippen LogP contribution in [0.25, 0.3) is 6.08 Å². The Labute approximate surface area is 139 Å². The average Bonchev–Trinajstić information content (AvgIpc) is 2.62. The van der Waals surface area contributed by atoms with Crippen molar-refractivity contribution < 1.29 is 24.0 Å². The SMILES string of the molecule is CCN(OC(=O)NC)C(=O)N(C[C]=O)C(=O)C=Cc1ccccc1. The summed E-state index contributed by atoms with van der Waals surface area (Å²) < 4.78 is 0. The highest BCUT2D eigenvalue weighted by molar-refractivity contribution is 6.03. The molecule has 1 aromatic rings. The Balaban J connectivity index is 2.88. The van der Waals surface area contributed by atoms with Gasteiger partial charge >= 0.3 is 12.1 Å². The van der Waals surface area contributed by atoms with Crippen molar-refractivity contribution in [2.75, 3.05) is 20.1 Å². The molecule has 1 radical (unpaired) electrons. The third-order valence-corrected chi connectivity index (χ3v) is 2.84. The predicted molar refractivity (Wildman–Crippen MR) is 86.2 cm³/mol. The summed E-state index contributed by atoms with van der Waals surface area (Å²) in [5, 5.41) is 2.85. The van der Waals surface area contributed by atoms with Gasteiger partial charge in [0, 0.05) is 13.1 Å². The lowest BCUT2D eigenvalue weighted by molar-refractivity contribution is -0.126. The summed E-state index contributed by atoms with van der Waals surface area (Å²) in [6.07, 6.45) is 3.28. The molecule has 0 aliphatic heterocycles. The maximum absolute atomic E-state index is 12.3. The van der Waals surface area contributed by atoms with Gasteiger partial charge < -0.3 is 10.2 Å². The van der Waals surface area contributed by atoms with E-state index in [0.717, 1.165) is 11.6 Å². The first-order valence-corrected chi connectivity index (χ1v) is 7.14. The monoisotopic (exact) mass is 332 g/mol. The Morgan fingerprint density at radius 3 is 2.46 bits per heavy atom. The molecule has 0 aromatic heterocycles. The highest BCUT2D eigenvalue weighted by atomic mass is 16.7. The molecule has 1 rings (SSSR count). The lowest BCUT2D eigenvalue weighted by Gasteiger charge is -2.24. The fourth-order valence-corrected chi connectivity index (χ4v) is 1.65. The first-order chi connectivity index (χ1) is 11.5. The van der Waals surface area contributed by atoms with E-state index < -0.39 is 24.6 Å². The van der Waals surface area contributed by atoms with Crippen LogP contribution in [0.15, 0.2) is 36.4 Å². The smallest absolute Gasteiger partial charge is 0.323 e. The van der Waals surface area contributed by atoms with Gasteiger partial charge in [0.15, 0.2) is 0 Å². The highest BCUT2D eigenvalue weighted by Crippen LogP contribution is 2.05. The van der Waals surface area contributed by atoms with E-state index in [1.54, 1.807) is 31.2 Å². The van der Waals surface area contributed by atoms with E-state index >= 15 is 0 Å². The van der Waals surface area contributed by atoms with Gasteiger partial charge in [0.25, 0.3) is 5.91 Å². The van der Waals surface area contributed by atoms with Gasteiger partial charge in [-0.3, -0.25) is 14.5 Å². The Bertz CT molecular complexity index is 615. The number of hydrogen-bond donors (Lipinski definition) is 1. The van der Waals surface area contributed by atoms with E-state index in [1.807, 2.05) is 6.07 Å². The Hall–Kier alpha value is -3.16. The molecule has 1 aromatic carbocycles. The minimum atomic E-state index is -0.938. The molecule has 0 saturated carbocycles. The van der Waals surface area contributed by atoms with Crippen LogP contribution >= 0.6 is 0 Å². The zero-order valence-electron chi connectivity index (χ0n) is 13.4. The van der Waals surface area contributed by atoms with Gasteiger partial charge in [0.05, 0.1) is 13.1 Å². The van der Waals surface area contributed by atoms with Gasteiger partial charge in [0.1, 0.15) is 0 Å². The quantitative estimate of drug-likeness (QED) is 0.648. The van der Waals surface area contributed by atoms with Crippen molar-refractivity contribution in [1.29, 1.82) is 0 Å². The fourth-order valence-electron chi connectivity index (χ4n) is 1.65. The summed E-state index contributed by atoms with van der Waals surface area (Å²) >= 11 is 0. The molecule has 0 aliphatic rings. The summed E-state index contributed by atoms with van der Waals surface area (Å²) in [6, 6.07) is 8.02. The van der Waals surface area contributed by atoms with Crippen LogP contribution in [-0.4, -0.2) is 54.4 Å². The van der Waals surface area contributed by atoms with Crippen LogP contribution in [0.3, 0.4) is 0 Å². The number of carbonyl (C=O) groups is 3. The van der Waals surface area contributed by atoms with Crippen molar-refractivity contribution in [2.45, 2.75) is 6.92 Å². The summed E-state index contributed by atoms with van der Waals surface area (Å²) in [6.45, 7) is 0.968. The van der Waals surface area contributed by atoms with E-state index in [9.17, 15) is 19.2 Å². The van der Waals surface area contributed by atoms with E-state index in [4.69, 9.17) is 4.84 Å². The summed E-state index contributed by atoms with van der Waals surface area (Å²) in [5.41, 5.74) is 0.752. The lowest BCUT2D eigenvalue weighted by Crippen LogP contribution is -2.48. The first-order valence-electron chi connectivity index (χ1n) is 7.14. The third-order valence-electron chi connectivity index (χ3n) is 2.84. The zero-order chi connectivity index (χ0) is 17.9. The molecular formula is C16H18N3O5. The van der Waals surface area contributed by atoms with Crippen LogP contribution in [0, 0.1) is 0 Å². The number of rotatable bonds is 5. The van der Waals surface area contributed by atoms with Crippen LogP contribution in [-0.2, 0) is 14.4 Å². The molecule has 8 heteroatoms. The number of imide groups is 1. The molecule has 127 valence electrons. The summed E-state index contributed by atoms with van der Waals surface area (Å²) in [7, 11) is 1.32. The van der Waals surface area contributed by atoms with E-state index in [2.05, 4.69) is 5.32 Å². The molecule has 0 spiro atoms. The van der Waals surface area contributed by atoms with E-state index in [1.165, 1.54) is 19.4 Å². The van der Waals surface area contributed by atoms with Gasteiger partial charge in [-0.15, -0.1) is 0 Å². The van der Waals surface area contributed by atoms with Gasteiger partial charge in [-0.1, -0.05) is 30.3 Å². The summed E-state index contributed by atoms with van der Waals surface area (Å²) in [5.74, 6) is -0.730. The molecule has 0 unspecified atom stereocenters. The molecule has 0 saturated heterocycles. The zero-order valence-corrected chi connectivity index (χ0v) is 13.4. The number of carbonyl (C=O) groups excluding carboxylic acids is 4. The number of urea groups is 1. The van der Waals surface area contributed by atoms with Crippen molar-refractivity contribution in [3.63, 3.8) is 0 Å². The summed E-state index contributed by atoms with van der Waals surface area (Å²) in [4.78, 5) is 51.7. The number of nitrogens with one attached hydrogen (secondary N) is 1. The molecule has 4 amide bonds. The molecular weight excluding hydrogens is 314 g/mol. The van der Waals surface area contributed by atoms with Crippen LogP contribution in [0.5, 0.6) is 0 Å². The molecule has 0 heterocycles. The van der Waals surface area contributed by atoms with Crippen molar-refractivity contribution >= 4 is 30.4 Å². The fraction of sp³-hybridized carbons (Fsp3) is 0.250. The number of hydrogen-bond acceptors (Lipinski definition) is 5. The molecule has 0 aliphatic carbocycles. The number of nitrogens with zero attached hydrogens (tertiary/aromatic N) is 2. The Morgan fingerprint density at radius 2 is 1.92 bits per heavy atom. The average molecular weight is 332 g/mol. The Morgan fingerprint density at radius 1 is 1.25 bits per heavy atom. The topological polar surface area (TPSA) is 96.0 Å². The van der Waals surface area contributed by atoms with Gasteiger partial charge in [-0.2, -0.15) is 5.06 Å². The second-order valence-electron chi connectivity index (χ2n) is 4.42. The maximum Gasteiger partial charge on any atom is 0.431 e. The first kappa shape index (κ1) is 18.9. The molecule has 0 fully saturated rings. The van der Waals surface area contributed by atoms with Crippen LogP contribution < -0.4 is 5.32 Å². The Kier molecular flexibility index (Phi) is 7.69. The van der Waals surface area contributed by atoms with Crippen molar-refractivity contribution in [1.82, 2.24) is 15.3 Å². The molecule has 1 N–H and O–H groups in total. The molecule has 0 bridgehead atoms. The number of benzene rings is 1.